The molecule has 0 aliphatic rings. The number of nitrogens with zero attached hydrogens (tertiary/aromatic N) is 2. The number of nitrogens with two attached hydrogens (primary N) is 1. The zero-order valence-electron chi connectivity index (χ0n) is 11.4. The molecule has 0 radical (unpaired) electrons. The van der Waals surface area contributed by atoms with Gasteiger partial charge >= 0.3 is 6.18 Å². The van der Waals surface area contributed by atoms with Crippen molar-refractivity contribution in [1.82, 2.24) is 15.4 Å². The molecule has 2 heterocycles. The summed E-state index contributed by atoms with van der Waals surface area (Å²) in [5.41, 5.74) is 1.82. The smallest absolute Gasteiger partial charge is 0.325 e. The monoisotopic (exact) mass is 311 g/mol. The van der Waals surface area contributed by atoms with Gasteiger partial charge in [-0.1, -0.05) is 0 Å². The van der Waals surface area contributed by atoms with Crippen LogP contribution in [0.25, 0.3) is 0 Å². The van der Waals surface area contributed by atoms with E-state index in [1.54, 1.807) is 13.0 Å². The molecule has 0 spiro atoms. The summed E-state index contributed by atoms with van der Waals surface area (Å²) in [6, 6.07) is 4.77. The second-order valence-electron chi connectivity index (χ2n) is 4.44. The van der Waals surface area contributed by atoms with Gasteiger partial charge in [0.05, 0.1) is 5.56 Å². The molecule has 4 N–H and O–H groups in total. The van der Waals surface area contributed by atoms with Crippen LogP contribution in [0.1, 0.15) is 21.6 Å². The molecule has 0 saturated heterocycles. The summed E-state index contributed by atoms with van der Waals surface area (Å²) in [6.45, 7) is 1.71. The first-order valence-corrected chi connectivity index (χ1v) is 6.09. The van der Waals surface area contributed by atoms with Crippen LogP contribution in [0, 0.1) is 6.92 Å². The number of amides is 1. The molecule has 0 bridgehead atoms. The third-order valence-corrected chi connectivity index (χ3v) is 2.68. The highest BCUT2D eigenvalue weighted by Gasteiger charge is 2.30. The average Bonchev–Trinajstić information content (AvgIpc) is 2.45. The summed E-state index contributed by atoms with van der Waals surface area (Å²) < 4.78 is 37.9. The fraction of sp³-hybridized carbons (Fsp3) is 0.154. The Balaban J connectivity index is 2.31. The number of anilines is 2. The number of aryl methyl sites for hydroxylation is 1. The highest BCUT2D eigenvalue weighted by Crippen LogP contribution is 2.30. The molecular weight excluding hydrogens is 299 g/mol. The lowest BCUT2D eigenvalue weighted by atomic mass is 10.2. The van der Waals surface area contributed by atoms with Gasteiger partial charge in [-0.05, 0) is 36.8 Å². The number of hydrogen-bond donors (Lipinski definition) is 3. The number of pyridine rings is 2. The van der Waals surface area contributed by atoms with Crippen molar-refractivity contribution in [2.75, 3.05) is 5.32 Å². The molecule has 2 aromatic heterocycles. The van der Waals surface area contributed by atoms with Gasteiger partial charge in [0.15, 0.2) is 0 Å². The SMILES string of the molecule is Cc1cc(Nc2cc(C(F)(F)F)ccn2)nc(C(=O)NN)c1. The number of hydrogen-bond acceptors (Lipinski definition) is 5. The number of aromatic nitrogens is 2. The Kier molecular flexibility index (Phi) is 4.27. The largest absolute Gasteiger partial charge is 0.416 e. The fourth-order valence-electron chi connectivity index (χ4n) is 1.73. The highest BCUT2D eigenvalue weighted by atomic mass is 19.4. The van der Waals surface area contributed by atoms with Gasteiger partial charge in [0.2, 0.25) is 0 Å². The molecule has 0 saturated carbocycles. The Morgan fingerprint density at radius 2 is 1.95 bits per heavy atom. The van der Waals surface area contributed by atoms with Crippen molar-refractivity contribution in [2.45, 2.75) is 13.1 Å². The van der Waals surface area contributed by atoms with Gasteiger partial charge in [0.25, 0.3) is 5.91 Å². The molecule has 0 aliphatic heterocycles. The number of alkyl halides is 3. The number of nitrogens with one attached hydrogen (secondary N) is 2. The van der Waals surface area contributed by atoms with Crippen LogP contribution in [0.2, 0.25) is 0 Å². The molecule has 6 nitrogen and oxygen atoms in total. The number of rotatable bonds is 3. The zero-order valence-corrected chi connectivity index (χ0v) is 11.4. The standard InChI is InChI=1S/C13H12F3N5O/c1-7-4-9(12(22)21-17)19-11(5-7)20-10-6-8(2-3-18-10)13(14,15)16/h2-6H,17H2,1H3,(H,21,22)(H,18,19,20). The lowest BCUT2D eigenvalue weighted by Gasteiger charge is -2.10. The minimum Gasteiger partial charge on any atom is -0.325 e. The number of hydrazine groups is 1. The second-order valence-corrected chi connectivity index (χ2v) is 4.44. The number of carbonyl (C=O) groups is 1. The summed E-state index contributed by atoms with van der Waals surface area (Å²) in [7, 11) is 0. The third-order valence-electron chi connectivity index (χ3n) is 2.68. The molecule has 2 aromatic rings. The van der Waals surface area contributed by atoms with Crippen molar-refractivity contribution in [3.8, 4) is 0 Å². The molecular formula is C13H12F3N5O. The van der Waals surface area contributed by atoms with Gasteiger partial charge in [0.1, 0.15) is 17.3 Å². The topological polar surface area (TPSA) is 92.9 Å². The molecule has 0 atom stereocenters. The van der Waals surface area contributed by atoms with E-state index in [9.17, 15) is 18.0 Å². The van der Waals surface area contributed by atoms with Crippen molar-refractivity contribution in [2.24, 2.45) is 5.84 Å². The minimum atomic E-state index is -4.47. The van der Waals surface area contributed by atoms with Gasteiger partial charge in [0, 0.05) is 6.20 Å². The molecule has 0 aliphatic carbocycles. The van der Waals surface area contributed by atoms with Gasteiger partial charge in [-0.15, -0.1) is 0 Å². The number of nitrogen functional groups attached to an aromatic ring is 1. The van der Waals surface area contributed by atoms with Crippen molar-refractivity contribution in [1.29, 1.82) is 0 Å². The van der Waals surface area contributed by atoms with Crippen LogP contribution in [-0.4, -0.2) is 15.9 Å². The van der Waals surface area contributed by atoms with Gasteiger partial charge in [-0.25, -0.2) is 15.8 Å². The molecule has 0 aromatic carbocycles. The Morgan fingerprint density at radius 1 is 1.23 bits per heavy atom. The normalized spacial score (nSPS) is 11.1. The minimum absolute atomic E-state index is 0.0352. The molecule has 9 heteroatoms. The first kappa shape index (κ1) is 15.7. The Morgan fingerprint density at radius 3 is 2.59 bits per heavy atom. The Hall–Kier alpha value is -2.68. The predicted molar refractivity (Wildman–Crippen MR) is 73.1 cm³/mol. The molecule has 116 valence electrons. The zero-order chi connectivity index (χ0) is 16.3. The molecule has 0 unspecified atom stereocenters. The van der Waals surface area contributed by atoms with E-state index in [0.717, 1.165) is 18.3 Å². The summed E-state index contributed by atoms with van der Waals surface area (Å²) in [6.07, 6.45) is -3.43. The van der Waals surface area contributed by atoms with E-state index >= 15 is 0 Å². The van der Waals surface area contributed by atoms with Crippen LogP contribution in [-0.2, 0) is 6.18 Å². The summed E-state index contributed by atoms with van der Waals surface area (Å²) in [5.74, 6) is 4.57. The maximum atomic E-state index is 12.6. The Labute approximate surface area is 123 Å². The van der Waals surface area contributed by atoms with Crippen molar-refractivity contribution in [3.63, 3.8) is 0 Å². The predicted octanol–water partition coefficient (Wildman–Crippen LogP) is 2.15. The molecule has 1 amide bonds. The molecule has 22 heavy (non-hydrogen) atoms. The maximum absolute atomic E-state index is 12.6. The van der Waals surface area contributed by atoms with Crippen LogP contribution in [0.3, 0.4) is 0 Å². The highest BCUT2D eigenvalue weighted by molar-refractivity contribution is 5.92. The molecule has 2 rings (SSSR count). The van der Waals surface area contributed by atoms with E-state index in [1.165, 1.54) is 6.07 Å². The number of halogens is 3. The van der Waals surface area contributed by atoms with Crippen LogP contribution >= 0.6 is 0 Å². The fourth-order valence-corrected chi connectivity index (χ4v) is 1.73. The van der Waals surface area contributed by atoms with Crippen LogP contribution < -0.4 is 16.6 Å². The van der Waals surface area contributed by atoms with Crippen molar-refractivity contribution < 1.29 is 18.0 Å². The van der Waals surface area contributed by atoms with Crippen LogP contribution in [0.15, 0.2) is 30.5 Å². The van der Waals surface area contributed by atoms with Gasteiger partial charge in [-0.3, -0.25) is 10.2 Å². The van der Waals surface area contributed by atoms with E-state index < -0.39 is 17.6 Å². The van der Waals surface area contributed by atoms with Crippen LogP contribution in [0.5, 0.6) is 0 Å². The van der Waals surface area contributed by atoms with E-state index in [4.69, 9.17) is 5.84 Å². The van der Waals surface area contributed by atoms with Crippen LogP contribution in [0.4, 0.5) is 24.8 Å². The van der Waals surface area contributed by atoms with E-state index in [-0.39, 0.29) is 17.3 Å². The van der Waals surface area contributed by atoms with E-state index in [1.807, 2.05) is 5.43 Å². The third kappa shape index (κ3) is 3.70. The second kappa shape index (κ2) is 5.98. The quantitative estimate of drug-likeness (QED) is 0.459. The summed E-state index contributed by atoms with van der Waals surface area (Å²) >= 11 is 0. The maximum Gasteiger partial charge on any atom is 0.416 e. The lowest BCUT2D eigenvalue weighted by Crippen LogP contribution is -2.30. The van der Waals surface area contributed by atoms with E-state index in [0.29, 0.717) is 5.56 Å². The van der Waals surface area contributed by atoms with Crippen molar-refractivity contribution in [3.05, 3.63) is 47.3 Å². The van der Waals surface area contributed by atoms with Gasteiger partial charge in [-0.2, -0.15) is 13.2 Å². The molecule has 0 fully saturated rings. The number of carbonyl (C=O) groups excluding carboxylic acids is 1. The van der Waals surface area contributed by atoms with Crippen molar-refractivity contribution >= 4 is 17.5 Å². The Bertz CT molecular complexity index is 702. The average molecular weight is 311 g/mol. The van der Waals surface area contributed by atoms with Gasteiger partial charge < -0.3 is 5.32 Å². The summed E-state index contributed by atoms with van der Waals surface area (Å²) in [4.78, 5) is 19.2. The first-order valence-electron chi connectivity index (χ1n) is 6.09. The first-order chi connectivity index (χ1) is 10.3. The van der Waals surface area contributed by atoms with E-state index in [2.05, 4.69) is 15.3 Å². The summed E-state index contributed by atoms with van der Waals surface area (Å²) in [5, 5.41) is 2.63. The lowest BCUT2D eigenvalue weighted by molar-refractivity contribution is -0.137.